The summed E-state index contributed by atoms with van der Waals surface area (Å²) >= 11 is 0. The van der Waals surface area contributed by atoms with Crippen LogP contribution in [0.2, 0.25) is 0 Å². The minimum absolute atomic E-state index is 0.225. The molecule has 0 saturated heterocycles. The Hall–Kier alpha value is -1.84. The van der Waals surface area contributed by atoms with Crippen LogP contribution in [0.3, 0.4) is 0 Å². The summed E-state index contributed by atoms with van der Waals surface area (Å²) in [5, 5.41) is 0.296. The minimum Gasteiger partial charge on any atom is -0.494 e. The molecule has 1 N–H and O–H groups in total. The minimum atomic E-state index is -0.481. The second kappa shape index (κ2) is 3.14. The number of methoxy groups -OCH3 is 1. The number of aromatic amines is 1. The van der Waals surface area contributed by atoms with Gasteiger partial charge in [0.2, 0.25) is 0 Å². The Morgan fingerprint density at radius 1 is 1.43 bits per heavy atom. The molecule has 0 radical (unpaired) electrons. The van der Waals surface area contributed by atoms with E-state index in [1.165, 1.54) is 31.5 Å². The molecule has 0 aliphatic carbocycles. The number of pyridine rings is 1. The molecule has 0 fully saturated rings. The van der Waals surface area contributed by atoms with Gasteiger partial charge in [0, 0.05) is 18.3 Å². The van der Waals surface area contributed by atoms with Crippen LogP contribution in [-0.2, 0) is 0 Å². The van der Waals surface area contributed by atoms with Crippen molar-refractivity contribution in [2.75, 3.05) is 7.11 Å². The van der Waals surface area contributed by atoms with Crippen LogP contribution in [0.4, 0.5) is 4.39 Å². The first-order valence-corrected chi connectivity index (χ1v) is 4.07. The molecule has 14 heavy (non-hydrogen) atoms. The number of benzene rings is 1. The fourth-order valence-electron chi connectivity index (χ4n) is 1.38. The van der Waals surface area contributed by atoms with Gasteiger partial charge in [0.25, 0.3) is 0 Å². The van der Waals surface area contributed by atoms with Crippen LogP contribution < -0.4 is 10.2 Å². The first-order valence-electron chi connectivity index (χ1n) is 4.07. The SMILES string of the molecule is COc1cc(F)cc2c(=O)cc[nH]c12. The number of aromatic nitrogens is 1. The molecule has 0 unspecified atom stereocenters. The Labute approximate surface area is 79.1 Å². The van der Waals surface area contributed by atoms with Crippen molar-refractivity contribution in [3.05, 3.63) is 40.4 Å². The second-order valence-electron chi connectivity index (χ2n) is 2.87. The number of fused-ring (bicyclic) bond motifs is 1. The van der Waals surface area contributed by atoms with Crippen LogP contribution in [0.1, 0.15) is 0 Å². The lowest BCUT2D eigenvalue weighted by Crippen LogP contribution is -2.01. The lowest BCUT2D eigenvalue weighted by atomic mass is 10.2. The molecule has 0 amide bonds. The van der Waals surface area contributed by atoms with Crippen molar-refractivity contribution in [3.63, 3.8) is 0 Å². The molecule has 0 spiro atoms. The summed E-state index contributed by atoms with van der Waals surface area (Å²) in [7, 11) is 1.43. The summed E-state index contributed by atoms with van der Waals surface area (Å²) in [5.41, 5.74) is 0.290. The number of hydrogen-bond donors (Lipinski definition) is 1. The molecule has 2 rings (SSSR count). The van der Waals surface area contributed by atoms with E-state index in [2.05, 4.69) is 4.98 Å². The average molecular weight is 193 g/mol. The van der Waals surface area contributed by atoms with Crippen molar-refractivity contribution >= 4 is 10.9 Å². The zero-order valence-electron chi connectivity index (χ0n) is 7.50. The van der Waals surface area contributed by atoms with Gasteiger partial charge in [-0.15, -0.1) is 0 Å². The van der Waals surface area contributed by atoms with Crippen LogP contribution in [0.25, 0.3) is 10.9 Å². The molecule has 0 atom stereocenters. The molecule has 1 aromatic heterocycles. The van der Waals surface area contributed by atoms with E-state index in [1.807, 2.05) is 0 Å². The summed E-state index contributed by atoms with van der Waals surface area (Å²) in [6, 6.07) is 3.77. The Balaban J connectivity index is 2.95. The number of hydrogen-bond acceptors (Lipinski definition) is 2. The molecule has 2 aromatic rings. The highest BCUT2D eigenvalue weighted by atomic mass is 19.1. The molecule has 72 valence electrons. The molecule has 0 aliphatic rings. The molecule has 4 heteroatoms. The van der Waals surface area contributed by atoms with Gasteiger partial charge < -0.3 is 9.72 Å². The third-order valence-corrected chi connectivity index (χ3v) is 2.01. The van der Waals surface area contributed by atoms with Gasteiger partial charge in [0.1, 0.15) is 11.6 Å². The number of ether oxygens (including phenoxy) is 1. The van der Waals surface area contributed by atoms with Gasteiger partial charge in [-0.1, -0.05) is 0 Å². The lowest BCUT2D eigenvalue weighted by Gasteiger charge is -2.04. The van der Waals surface area contributed by atoms with Gasteiger partial charge in [-0.25, -0.2) is 4.39 Å². The van der Waals surface area contributed by atoms with Crippen LogP contribution in [0.15, 0.2) is 29.2 Å². The maximum atomic E-state index is 13.0. The second-order valence-corrected chi connectivity index (χ2v) is 2.87. The summed E-state index contributed by atoms with van der Waals surface area (Å²) < 4.78 is 18.0. The standard InChI is InChI=1S/C10H8FNO2/c1-14-9-5-6(11)4-7-8(13)2-3-12-10(7)9/h2-5H,1H3,(H,12,13). The fraction of sp³-hybridized carbons (Fsp3) is 0.100. The fourth-order valence-corrected chi connectivity index (χ4v) is 1.38. The first kappa shape index (κ1) is 8.74. The summed E-state index contributed by atoms with van der Waals surface area (Å²) in [6.45, 7) is 0. The maximum absolute atomic E-state index is 13.0. The Morgan fingerprint density at radius 3 is 2.93 bits per heavy atom. The summed E-state index contributed by atoms with van der Waals surface area (Å²) in [5.74, 6) is -0.149. The molecule has 0 saturated carbocycles. The van der Waals surface area contributed by atoms with E-state index in [0.29, 0.717) is 16.7 Å². The van der Waals surface area contributed by atoms with Crippen molar-refractivity contribution in [2.45, 2.75) is 0 Å². The van der Waals surface area contributed by atoms with E-state index < -0.39 is 5.82 Å². The van der Waals surface area contributed by atoms with E-state index in [0.717, 1.165) is 0 Å². The van der Waals surface area contributed by atoms with Gasteiger partial charge >= 0.3 is 0 Å². The molecular weight excluding hydrogens is 185 g/mol. The van der Waals surface area contributed by atoms with Crippen LogP contribution in [0, 0.1) is 5.82 Å². The largest absolute Gasteiger partial charge is 0.494 e. The topological polar surface area (TPSA) is 42.1 Å². The van der Waals surface area contributed by atoms with E-state index in [-0.39, 0.29) is 5.43 Å². The third-order valence-electron chi connectivity index (χ3n) is 2.01. The molecule has 1 heterocycles. The summed E-state index contributed by atoms with van der Waals surface area (Å²) in [6.07, 6.45) is 1.51. The van der Waals surface area contributed by atoms with Crippen LogP contribution >= 0.6 is 0 Å². The number of rotatable bonds is 1. The molecule has 0 bridgehead atoms. The highest BCUT2D eigenvalue weighted by molar-refractivity contribution is 5.84. The van der Waals surface area contributed by atoms with E-state index >= 15 is 0 Å². The molecule has 1 aromatic carbocycles. The monoisotopic (exact) mass is 193 g/mol. The van der Waals surface area contributed by atoms with Gasteiger partial charge in [-0.05, 0) is 6.07 Å². The van der Waals surface area contributed by atoms with Crippen molar-refractivity contribution < 1.29 is 9.13 Å². The highest BCUT2D eigenvalue weighted by Gasteiger charge is 2.06. The smallest absolute Gasteiger partial charge is 0.189 e. The predicted molar refractivity (Wildman–Crippen MR) is 51.1 cm³/mol. The molecular formula is C10H8FNO2. The van der Waals surface area contributed by atoms with E-state index in [1.54, 1.807) is 0 Å². The van der Waals surface area contributed by atoms with Gasteiger partial charge in [0.05, 0.1) is 18.0 Å². The zero-order chi connectivity index (χ0) is 10.1. The van der Waals surface area contributed by atoms with Gasteiger partial charge in [-0.2, -0.15) is 0 Å². The quantitative estimate of drug-likeness (QED) is 0.748. The van der Waals surface area contributed by atoms with Crippen LogP contribution in [0.5, 0.6) is 5.75 Å². The third kappa shape index (κ3) is 1.25. The Morgan fingerprint density at radius 2 is 2.21 bits per heavy atom. The van der Waals surface area contributed by atoms with E-state index in [4.69, 9.17) is 4.74 Å². The van der Waals surface area contributed by atoms with Crippen molar-refractivity contribution in [2.24, 2.45) is 0 Å². The molecule has 0 aliphatic heterocycles. The lowest BCUT2D eigenvalue weighted by molar-refractivity contribution is 0.415. The maximum Gasteiger partial charge on any atom is 0.189 e. The predicted octanol–water partition coefficient (Wildman–Crippen LogP) is 1.68. The van der Waals surface area contributed by atoms with Crippen molar-refractivity contribution in [1.82, 2.24) is 4.98 Å². The van der Waals surface area contributed by atoms with Gasteiger partial charge in [0.15, 0.2) is 5.43 Å². The van der Waals surface area contributed by atoms with Gasteiger partial charge in [-0.3, -0.25) is 4.79 Å². The average Bonchev–Trinajstić information content (AvgIpc) is 2.18. The van der Waals surface area contributed by atoms with Crippen molar-refractivity contribution in [3.8, 4) is 5.75 Å². The van der Waals surface area contributed by atoms with Crippen LogP contribution in [-0.4, -0.2) is 12.1 Å². The molecule has 3 nitrogen and oxygen atoms in total. The Kier molecular flexibility index (Phi) is 1.96. The highest BCUT2D eigenvalue weighted by Crippen LogP contribution is 2.22. The van der Waals surface area contributed by atoms with E-state index in [9.17, 15) is 9.18 Å². The Bertz CT molecular complexity index is 533. The van der Waals surface area contributed by atoms with Crippen molar-refractivity contribution in [1.29, 1.82) is 0 Å². The zero-order valence-corrected chi connectivity index (χ0v) is 7.50. The normalized spacial score (nSPS) is 10.4. The number of halogens is 1. The number of H-pyrrole nitrogens is 1. The first-order chi connectivity index (χ1) is 6.72. The number of nitrogens with one attached hydrogen (secondary N) is 1. The summed E-state index contributed by atoms with van der Waals surface area (Å²) in [4.78, 5) is 14.2.